The molecule has 1 aliphatic rings. The van der Waals surface area contributed by atoms with Gasteiger partial charge in [0.05, 0.1) is 28.9 Å². The first-order valence-corrected chi connectivity index (χ1v) is 8.43. The van der Waals surface area contributed by atoms with Gasteiger partial charge in [-0.1, -0.05) is 6.92 Å². The van der Waals surface area contributed by atoms with E-state index < -0.39 is 57.0 Å². The molecule has 1 heterocycles. The highest BCUT2D eigenvalue weighted by Crippen LogP contribution is 2.27. The molecule has 0 radical (unpaired) electrons. The molecular formula is C16H18N4O8. The standard InChI is InChI=1S/C16H18N4O8/c1-2-7-28-14(21)9-13-15(22)17-5-6-18(13)16(23)11-4-3-10(19(24)25)8-12(11)20(26)27/h3-4,8,13H,2,5-7,9H2,1H3,(H,17,22). The molecule has 2 rings (SSSR count). The lowest BCUT2D eigenvalue weighted by Crippen LogP contribution is -2.57. The van der Waals surface area contributed by atoms with Crippen LogP contribution in [0.25, 0.3) is 0 Å². The summed E-state index contributed by atoms with van der Waals surface area (Å²) in [5, 5.41) is 24.7. The van der Waals surface area contributed by atoms with Crippen molar-refractivity contribution in [2.75, 3.05) is 19.7 Å². The van der Waals surface area contributed by atoms with Crippen molar-refractivity contribution in [1.82, 2.24) is 10.2 Å². The summed E-state index contributed by atoms with van der Waals surface area (Å²) in [5.41, 5.74) is -1.70. The Bertz CT molecular complexity index is 825. The number of nitrogens with zero attached hydrogens (tertiary/aromatic N) is 3. The highest BCUT2D eigenvalue weighted by molar-refractivity contribution is 6.02. The quantitative estimate of drug-likeness (QED) is 0.403. The van der Waals surface area contributed by atoms with Crippen molar-refractivity contribution in [2.24, 2.45) is 0 Å². The number of esters is 1. The van der Waals surface area contributed by atoms with Gasteiger partial charge < -0.3 is 15.0 Å². The van der Waals surface area contributed by atoms with Crippen molar-refractivity contribution in [2.45, 2.75) is 25.8 Å². The number of ether oxygens (including phenoxy) is 1. The number of piperazine rings is 1. The predicted octanol–water partition coefficient (Wildman–Crippen LogP) is 0.787. The lowest BCUT2D eigenvalue weighted by atomic mass is 10.0. The number of nitrogens with one attached hydrogen (secondary N) is 1. The maximum absolute atomic E-state index is 12.9. The van der Waals surface area contributed by atoms with Gasteiger partial charge in [0.15, 0.2) is 0 Å². The fourth-order valence-corrected chi connectivity index (χ4v) is 2.71. The molecule has 2 amide bonds. The number of rotatable bonds is 7. The molecular weight excluding hydrogens is 376 g/mol. The number of hydrogen-bond acceptors (Lipinski definition) is 8. The average molecular weight is 394 g/mol. The molecule has 0 spiro atoms. The van der Waals surface area contributed by atoms with Crippen LogP contribution in [0.3, 0.4) is 0 Å². The van der Waals surface area contributed by atoms with Gasteiger partial charge in [-0.3, -0.25) is 34.6 Å². The second kappa shape index (κ2) is 8.88. The Kier molecular flexibility index (Phi) is 6.58. The Morgan fingerprint density at radius 3 is 2.61 bits per heavy atom. The Labute approximate surface area is 158 Å². The number of nitro groups is 2. The molecule has 1 aromatic rings. The fraction of sp³-hybridized carbons (Fsp3) is 0.438. The highest BCUT2D eigenvalue weighted by atomic mass is 16.6. The lowest BCUT2D eigenvalue weighted by molar-refractivity contribution is -0.394. The van der Waals surface area contributed by atoms with E-state index in [1.54, 1.807) is 6.92 Å². The third-order valence-corrected chi connectivity index (χ3v) is 4.04. The summed E-state index contributed by atoms with van der Waals surface area (Å²) in [7, 11) is 0. The number of carbonyl (C=O) groups excluding carboxylic acids is 3. The Hall–Kier alpha value is -3.57. The van der Waals surface area contributed by atoms with Crippen LogP contribution in [0.2, 0.25) is 0 Å². The number of carbonyl (C=O) groups is 3. The molecule has 1 aromatic carbocycles. The van der Waals surface area contributed by atoms with Gasteiger partial charge in [-0.2, -0.15) is 0 Å². The normalized spacial score (nSPS) is 16.2. The molecule has 1 aliphatic heterocycles. The molecule has 1 atom stereocenters. The van der Waals surface area contributed by atoms with E-state index in [4.69, 9.17) is 4.74 Å². The summed E-state index contributed by atoms with van der Waals surface area (Å²) in [6.45, 7) is 2.08. The molecule has 1 saturated heterocycles. The monoisotopic (exact) mass is 394 g/mol. The first kappa shape index (κ1) is 20.7. The average Bonchev–Trinajstić information content (AvgIpc) is 2.66. The van der Waals surface area contributed by atoms with E-state index in [-0.39, 0.29) is 19.7 Å². The first-order chi connectivity index (χ1) is 13.3. The minimum Gasteiger partial charge on any atom is -0.466 e. The zero-order valence-electron chi connectivity index (χ0n) is 15.0. The van der Waals surface area contributed by atoms with E-state index in [1.165, 1.54) is 0 Å². The zero-order valence-corrected chi connectivity index (χ0v) is 15.0. The molecule has 0 aliphatic carbocycles. The minimum atomic E-state index is -1.19. The zero-order chi connectivity index (χ0) is 20.8. The minimum absolute atomic E-state index is 0.0183. The maximum atomic E-state index is 12.9. The summed E-state index contributed by atoms with van der Waals surface area (Å²) >= 11 is 0. The summed E-state index contributed by atoms with van der Waals surface area (Å²) in [4.78, 5) is 58.4. The maximum Gasteiger partial charge on any atom is 0.308 e. The molecule has 12 nitrogen and oxygen atoms in total. The van der Waals surface area contributed by atoms with E-state index in [2.05, 4.69) is 5.32 Å². The van der Waals surface area contributed by atoms with Crippen molar-refractivity contribution in [3.05, 3.63) is 44.0 Å². The summed E-state index contributed by atoms with van der Waals surface area (Å²) in [6.07, 6.45) is 0.179. The SMILES string of the molecule is CCCOC(=O)CC1C(=O)NCCN1C(=O)c1ccc([N+](=O)[O-])cc1[N+](=O)[O-]. The van der Waals surface area contributed by atoms with Crippen LogP contribution >= 0.6 is 0 Å². The van der Waals surface area contributed by atoms with Crippen molar-refractivity contribution in [3.63, 3.8) is 0 Å². The van der Waals surface area contributed by atoms with E-state index >= 15 is 0 Å². The van der Waals surface area contributed by atoms with Crippen LogP contribution in [-0.2, 0) is 14.3 Å². The van der Waals surface area contributed by atoms with Crippen LogP contribution in [0.4, 0.5) is 11.4 Å². The van der Waals surface area contributed by atoms with E-state index in [0.717, 1.165) is 17.0 Å². The van der Waals surface area contributed by atoms with E-state index in [1.807, 2.05) is 0 Å². The Balaban J connectivity index is 2.34. The van der Waals surface area contributed by atoms with Gasteiger partial charge in [-0.25, -0.2) is 0 Å². The summed E-state index contributed by atoms with van der Waals surface area (Å²) in [6, 6.07) is 1.43. The van der Waals surface area contributed by atoms with Crippen LogP contribution in [0.5, 0.6) is 0 Å². The van der Waals surface area contributed by atoms with Crippen LogP contribution in [0.15, 0.2) is 18.2 Å². The van der Waals surface area contributed by atoms with Crippen LogP contribution in [0.1, 0.15) is 30.1 Å². The van der Waals surface area contributed by atoms with E-state index in [0.29, 0.717) is 12.5 Å². The number of non-ortho nitro benzene ring substituents is 1. The van der Waals surface area contributed by atoms with Crippen LogP contribution in [0, 0.1) is 20.2 Å². The highest BCUT2D eigenvalue weighted by Gasteiger charge is 2.38. The van der Waals surface area contributed by atoms with Gasteiger partial charge in [0, 0.05) is 19.2 Å². The summed E-state index contributed by atoms with van der Waals surface area (Å²) < 4.78 is 4.94. The molecule has 1 fully saturated rings. The molecule has 1 unspecified atom stereocenters. The third-order valence-electron chi connectivity index (χ3n) is 4.04. The molecule has 1 N–H and O–H groups in total. The van der Waals surface area contributed by atoms with Gasteiger partial charge in [-0.15, -0.1) is 0 Å². The molecule has 12 heteroatoms. The Morgan fingerprint density at radius 2 is 2.00 bits per heavy atom. The topological polar surface area (TPSA) is 162 Å². The molecule has 0 bridgehead atoms. The first-order valence-electron chi connectivity index (χ1n) is 8.43. The predicted molar refractivity (Wildman–Crippen MR) is 93.5 cm³/mol. The lowest BCUT2D eigenvalue weighted by Gasteiger charge is -2.34. The van der Waals surface area contributed by atoms with Gasteiger partial charge in [-0.05, 0) is 12.5 Å². The molecule has 0 saturated carbocycles. The second-order valence-electron chi connectivity index (χ2n) is 5.95. The molecule has 0 aromatic heterocycles. The Morgan fingerprint density at radius 1 is 1.29 bits per heavy atom. The smallest absolute Gasteiger partial charge is 0.308 e. The largest absolute Gasteiger partial charge is 0.466 e. The van der Waals surface area contributed by atoms with Gasteiger partial charge in [0.2, 0.25) is 5.91 Å². The summed E-state index contributed by atoms with van der Waals surface area (Å²) in [5.74, 6) is -2.14. The van der Waals surface area contributed by atoms with Crippen LogP contribution in [-0.4, -0.2) is 58.3 Å². The number of amides is 2. The second-order valence-corrected chi connectivity index (χ2v) is 5.95. The van der Waals surface area contributed by atoms with Crippen molar-refractivity contribution in [1.29, 1.82) is 0 Å². The van der Waals surface area contributed by atoms with Gasteiger partial charge in [0.1, 0.15) is 11.6 Å². The van der Waals surface area contributed by atoms with Crippen molar-refractivity contribution < 1.29 is 29.0 Å². The number of hydrogen-bond donors (Lipinski definition) is 1. The fourth-order valence-electron chi connectivity index (χ4n) is 2.71. The van der Waals surface area contributed by atoms with Gasteiger partial charge >= 0.3 is 5.97 Å². The number of benzene rings is 1. The van der Waals surface area contributed by atoms with Crippen LogP contribution < -0.4 is 5.32 Å². The van der Waals surface area contributed by atoms with E-state index in [9.17, 15) is 34.6 Å². The number of nitro benzene ring substituents is 2. The van der Waals surface area contributed by atoms with Crippen molar-refractivity contribution >= 4 is 29.2 Å². The van der Waals surface area contributed by atoms with Crippen molar-refractivity contribution in [3.8, 4) is 0 Å². The van der Waals surface area contributed by atoms with Gasteiger partial charge in [0.25, 0.3) is 17.3 Å². The third kappa shape index (κ3) is 4.58. The molecule has 28 heavy (non-hydrogen) atoms. The molecule has 150 valence electrons.